The molecule has 0 saturated carbocycles. The lowest BCUT2D eigenvalue weighted by molar-refractivity contribution is 0.459. The Labute approximate surface area is 179 Å². The number of hydrogen-bond donors (Lipinski definition) is 2. The maximum absolute atomic E-state index is 4.66. The van der Waals surface area contributed by atoms with Gasteiger partial charge in [-0.2, -0.15) is 0 Å². The molecule has 5 nitrogen and oxygen atoms in total. The van der Waals surface area contributed by atoms with Crippen molar-refractivity contribution in [2.24, 2.45) is 4.99 Å². The lowest BCUT2D eigenvalue weighted by Gasteiger charge is -2.34. The molecule has 0 bridgehead atoms. The molecule has 0 amide bonds. The van der Waals surface area contributed by atoms with E-state index in [1.54, 1.807) is 0 Å². The van der Waals surface area contributed by atoms with Crippen LogP contribution in [0, 0.1) is 6.92 Å². The quantitative estimate of drug-likeness (QED) is 0.503. The van der Waals surface area contributed by atoms with Crippen molar-refractivity contribution in [3.63, 3.8) is 0 Å². The minimum absolute atomic E-state index is 0.440. The van der Waals surface area contributed by atoms with Gasteiger partial charge in [-0.05, 0) is 54.7 Å². The molecule has 5 heteroatoms. The minimum Gasteiger partial charge on any atom is -0.356 e. The predicted molar refractivity (Wildman–Crippen MR) is 126 cm³/mol. The van der Waals surface area contributed by atoms with E-state index in [1.165, 1.54) is 16.3 Å². The normalized spacial score (nSPS) is 15.4. The van der Waals surface area contributed by atoms with E-state index in [2.05, 4.69) is 80.1 Å². The van der Waals surface area contributed by atoms with Crippen LogP contribution in [-0.2, 0) is 6.42 Å². The van der Waals surface area contributed by atoms with Crippen LogP contribution in [0.1, 0.15) is 24.1 Å². The van der Waals surface area contributed by atoms with Crippen LogP contribution in [0.5, 0.6) is 0 Å². The molecule has 156 valence electrons. The van der Waals surface area contributed by atoms with Gasteiger partial charge in [-0.25, -0.2) is 4.98 Å². The number of fused-ring (bicyclic) bond motifs is 1. The fraction of sp³-hybridized carbons (Fsp3) is 0.360. The number of guanidine groups is 1. The van der Waals surface area contributed by atoms with Gasteiger partial charge in [0.2, 0.25) is 0 Å². The van der Waals surface area contributed by atoms with E-state index in [0.717, 1.165) is 56.4 Å². The first-order valence-corrected chi connectivity index (χ1v) is 10.9. The number of pyridine rings is 1. The maximum atomic E-state index is 4.66. The van der Waals surface area contributed by atoms with Crippen molar-refractivity contribution in [1.82, 2.24) is 15.6 Å². The lowest BCUT2D eigenvalue weighted by atomic mass is 10.0. The molecule has 0 spiro atoms. The molecule has 30 heavy (non-hydrogen) atoms. The molecule has 1 saturated heterocycles. The van der Waals surface area contributed by atoms with Gasteiger partial charge in [-0.1, -0.05) is 48.5 Å². The largest absolute Gasteiger partial charge is 0.356 e. The van der Waals surface area contributed by atoms with E-state index < -0.39 is 0 Å². The van der Waals surface area contributed by atoms with Crippen molar-refractivity contribution in [1.29, 1.82) is 0 Å². The summed E-state index contributed by atoms with van der Waals surface area (Å²) in [6.07, 6.45) is 3.14. The number of rotatable bonds is 5. The fourth-order valence-electron chi connectivity index (χ4n) is 4.17. The first-order chi connectivity index (χ1) is 14.7. The standard InChI is InChI=1S/C25H31N5/c1-19-7-5-12-24(28-19)30-17-14-22(15-18-30)29-25(26-2)27-16-13-21-10-6-9-20-8-3-4-11-23(20)21/h3-12,22H,13-18H2,1-2H3,(H2,26,27,29). The van der Waals surface area contributed by atoms with Crippen LogP contribution in [0.15, 0.2) is 65.7 Å². The summed E-state index contributed by atoms with van der Waals surface area (Å²) < 4.78 is 0. The summed E-state index contributed by atoms with van der Waals surface area (Å²) in [7, 11) is 1.85. The average molecular weight is 402 g/mol. The SMILES string of the molecule is CN=C(NCCc1cccc2ccccc12)NC1CCN(c2cccc(C)n2)CC1. The van der Waals surface area contributed by atoms with Gasteiger partial charge in [0.1, 0.15) is 5.82 Å². The summed E-state index contributed by atoms with van der Waals surface area (Å²) in [5.74, 6) is 1.98. The number of benzene rings is 2. The minimum atomic E-state index is 0.440. The molecule has 1 aliphatic rings. The van der Waals surface area contributed by atoms with Gasteiger partial charge < -0.3 is 15.5 Å². The van der Waals surface area contributed by atoms with Gasteiger partial charge in [0.05, 0.1) is 0 Å². The van der Waals surface area contributed by atoms with Crippen molar-refractivity contribution < 1.29 is 0 Å². The molecule has 1 aliphatic heterocycles. The van der Waals surface area contributed by atoms with Crippen molar-refractivity contribution in [2.45, 2.75) is 32.2 Å². The second-order valence-electron chi connectivity index (χ2n) is 7.93. The Morgan fingerprint density at radius 3 is 2.60 bits per heavy atom. The first kappa shape index (κ1) is 20.2. The second kappa shape index (κ2) is 9.61. The Bertz CT molecular complexity index is 1000. The van der Waals surface area contributed by atoms with Gasteiger partial charge in [0.15, 0.2) is 5.96 Å². The van der Waals surface area contributed by atoms with E-state index in [9.17, 15) is 0 Å². The molecule has 3 aromatic rings. The molecule has 0 aliphatic carbocycles. The Morgan fingerprint density at radius 1 is 1.03 bits per heavy atom. The topological polar surface area (TPSA) is 52.6 Å². The Hall–Kier alpha value is -3.08. The number of aryl methyl sites for hydroxylation is 1. The van der Waals surface area contributed by atoms with E-state index >= 15 is 0 Å². The molecule has 2 heterocycles. The molecule has 4 rings (SSSR count). The lowest BCUT2D eigenvalue weighted by Crippen LogP contribution is -2.49. The highest BCUT2D eigenvalue weighted by Gasteiger charge is 2.20. The molecule has 1 aromatic heterocycles. The van der Waals surface area contributed by atoms with E-state index in [1.807, 2.05) is 20.0 Å². The van der Waals surface area contributed by atoms with Crippen LogP contribution < -0.4 is 15.5 Å². The highest BCUT2D eigenvalue weighted by Crippen LogP contribution is 2.19. The molecular weight excluding hydrogens is 370 g/mol. The van der Waals surface area contributed by atoms with Gasteiger partial charge in [-0.3, -0.25) is 4.99 Å². The number of nitrogens with zero attached hydrogens (tertiary/aromatic N) is 3. The summed E-state index contributed by atoms with van der Waals surface area (Å²) in [4.78, 5) is 11.5. The fourth-order valence-corrected chi connectivity index (χ4v) is 4.17. The third-order valence-electron chi connectivity index (χ3n) is 5.82. The van der Waals surface area contributed by atoms with Crippen LogP contribution in [0.4, 0.5) is 5.82 Å². The summed E-state index contributed by atoms with van der Waals surface area (Å²) in [5.41, 5.74) is 2.44. The van der Waals surface area contributed by atoms with E-state index in [-0.39, 0.29) is 0 Å². The van der Waals surface area contributed by atoms with Crippen molar-refractivity contribution in [2.75, 3.05) is 31.6 Å². The van der Waals surface area contributed by atoms with E-state index in [4.69, 9.17) is 0 Å². The van der Waals surface area contributed by atoms with Crippen molar-refractivity contribution >= 4 is 22.5 Å². The van der Waals surface area contributed by atoms with Gasteiger partial charge >= 0.3 is 0 Å². The van der Waals surface area contributed by atoms with Crippen LogP contribution in [0.2, 0.25) is 0 Å². The van der Waals surface area contributed by atoms with Gasteiger partial charge in [0, 0.05) is 38.4 Å². The average Bonchev–Trinajstić information content (AvgIpc) is 2.79. The summed E-state index contributed by atoms with van der Waals surface area (Å²) in [6.45, 7) is 4.94. The number of piperidine rings is 1. The Morgan fingerprint density at radius 2 is 1.80 bits per heavy atom. The predicted octanol–water partition coefficient (Wildman–Crippen LogP) is 3.92. The third-order valence-corrected chi connectivity index (χ3v) is 5.82. The zero-order valence-corrected chi connectivity index (χ0v) is 17.9. The zero-order chi connectivity index (χ0) is 20.8. The molecule has 0 radical (unpaired) electrons. The summed E-state index contributed by atoms with van der Waals surface area (Å²) in [5, 5.41) is 9.73. The van der Waals surface area contributed by atoms with Crippen LogP contribution in [0.25, 0.3) is 10.8 Å². The maximum Gasteiger partial charge on any atom is 0.191 e. The van der Waals surface area contributed by atoms with Crippen molar-refractivity contribution in [3.05, 3.63) is 71.9 Å². The first-order valence-electron chi connectivity index (χ1n) is 10.9. The van der Waals surface area contributed by atoms with Gasteiger partial charge in [0.25, 0.3) is 0 Å². The number of anilines is 1. The molecule has 2 N–H and O–H groups in total. The number of aromatic nitrogens is 1. The number of aliphatic imine (C=N–C) groups is 1. The second-order valence-corrected chi connectivity index (χ2v) is 7.93. The van der Waals surface area contributed by atoms with Crippen molar-refractivity contribution in [3.8, 4) is 0 Å². The zero-order valence-electron chi connectivity index (χ0n) is 17.9. The van der Waals surface area contributed by atoms with Crippen LogP contribution >= 0.6 is 0 Å². The highest BCUT2D eigenvalue weighted by molar-refractivity contribution is 5.85. The monoisotopic (exact) mass is 401 g/mol. The molecule has 0 atom stereocenters. The number of hydrogen-bond acceptors (Lipinski definition) is 3. The Balaban J connectivity index is 1.26. The third kappa shape index (κ3) is 4.90. The Kier molecular flexibility index (Phi) is 6.47. The van der Waals surface area contributed by atoms with Crippen LogP contribution in [0.3, 0.4) is 0 Å². The molecule has 2 aromatic carbocycles. The van der Waals surface area contributed by atoms with Gasteiger partial charge in [-0.15, -0.1) is 0 Å². The molecule has 1 fully saturated rings. The summed E-state index contributed by atoms with van der Waals surface area (Å²) in [6, 6.07) is 21.8. The number of nitrogens with one attached hydrogen (secondary N) is 2. The summed E-state index contributed by atoms with van der Waals surface area (Å²) >= 11 is 0. The van der Waals surface area contributed by atoms with Crippen LogP contribution in [-0.4, -0.2) is 43.7 Å². The highest BCUT2D eigenvalue weighted by atomic mass is 15.2. The molecule has 0 unspecified atom stereocenters. The smallest absolute Gasteiger partial charge is 0.191 e. The van der Waals surface area contributed by atoms with E-state index in [0.29, 0.717) is 6.04 Å². The molecular formula is C25H31N5.